The molecule has 0 unspecified atom stereocenters. The van der Waals surface area contributed by atoms with Crippen LogP contribution in [0.15, 0.2) is 59.1 Å². The molecule has 2 heterocycles. The largest absolute Gasteiger partial charge is 0.496 e. The lowest BCUT2D eigenvalue weighted by atomic mass is 9.89. The number of hydrogen-bond donors (Lipinski definition) is 1. The van der Waals surface area contributed by atoms with Gasteiger partial charge in [0.2, 0.25) is 5.91 Å². The third-order valence-corrected chi connectivity index (χ3v) is 7.63. The fraction of sp³-hybridized carbons (Fsp3) is 0.357. The van der Waals surface area contributed by atoms with E-state index in [-0.39, 0.29) is 37.5 Å². The fourth-order valence-corrected chi connectivity index (χ4v) is 5.14. The van der Waals surface area contributed by atoms with Crippen molar-refractivity contribution >= 4 is 44.2 Å². The van der Waals surface area contributed by atoms with Crippen molar-refractivity contribution in [2.45, 2.75) is 38.5 Å². The van der Waals surface area contributed by atoms with Crippen LogP contribution in [0, 0.1) is 5.92 Å². The fourth-order valence-electron chi connectivity index (χ4n) is 4.76. The Morgan fingerprint density at radius 1 is 1.22 bits per heavy atom. The minimum atomic E-state index is -0.960. The third-order valence-electron chi connectivity index (χ3n) is 7.13. The van der Waals surface area contributed by atoms with Crippen molar-refractivity contribution in [3.63, 3.8) is 0 Å². The van der Waals surface area contributed by atoms with Crippen LogP contribution in [0.2, 0.25) is 0 Å². The van der Waals surface area contributed by atoms with E-state index in [4.69, 9.17) is 14.2 Å². The molecule has 0 radical (unpaired) electrons. The van der Waals surface area contributed by atoms with Gasteiger partial charge in [0.05, 0.1) is 32.6 Å². The molecule has 188 valence electrons. The molecule has 5 rings (SSSR count). The summed E-state index contributed by atoms with van der Waals surface area (Å²) in [5.41, 5.74) is 0.558. The summed E-state index contributed by atoms with van der Waals surface area (Å²) < 4.78 is 18.7. The average Bonchev–Trinajstić information content (AvgIpc) is 2.96. The summed E-state index contributed by atoms with van der Waals surface area (Å²) in [4.78, 5) is 29.0. The van der Waals surface area contributed by atoms with E-state index in [0.717, 1.165) is 20.8 Å². The van der Waals surface area contributed by atoms with E-state index in [9.17, 15) is 9.59 Å². The van der Waals surface area contributed by atoms with Crippen molar-refractivity contribution in [1.29, 1.82) is 0 Å². The van der Waals surface area contributed by atoms with Crippen molar-refractivity contribution in [1.82, 2.24) is 5.32 Å². The molecule has 7 nitrogen and oxygen atoms in total. The van der Waals surface area contributed by atoms with Crippen LogP contribution in [-0.4, -0.2) is 43.8 Å². The number of amides is 2. The second-order valence-electron chi connectivity index (χ2n) is 9.41. The second kappa shape index (κ2) is 9.75. The Bertz CT molecular complexity index is 1320. The summed E-state index contributed by atoms with van der Waals surface area (Å²) in [6.07, 6.45) is 0.670. The Hall–Kier alpha value is -3.10. The van der Waals surface area contributed by atoms with Gasteiger partial charge >= 0.3 is 0 Å². The maximum absolute atomic E-state index is 14.3. The van der Waals surface area contributed by atoms with E-state index >= 15 is 0 Å². The number of fused-ring (bicyclic) bond motifs is 2. The Labute approximate surface area is 218 Å². The molecule has 8 heteroatoms. The molecule has 36 heavy (non-hydrogen) atoms. The van der Waals surface area contributed by atoms with Crippen LogP contribution in [0.25, 0.3) is 10.8 Å². The Morgan fingerprint density at radius 3 is 2.69 bits per heavy atom. The lowest BCUT2D eigenvalue weighted by Gasteiger charge is -2.45. The number of halogens is 1. The number of methoxy groups -OCH3 is 1. The number of para-hydroxylation sites is 2. The van der Waals surface area contributed by atoms with E-state index in [1.807, 2.05) is 68.4 Å². The zero-order valence-corrected chi connectivity index (χ0v) is 22.1. The number of anilines is 1. The number of nitrogens with zero attached hydrogens (tertiary/aromatic N) is 1. The van der Waals surface area contributed by atoms with E-state index < -0.39 is 11.6 Å². The Kier molecular flexibility index (Phi) is 6.66. The van der Waals surface area contributed by atoms with Crippen LogP contribution in [0.1, 0.15) is 25.8 Å². The van der Waals surface area contributed by atoms with Gasteiger partial charge in [-0.15, -0.1) is 0 Å². The molecule has 3 aromatic rings. The quantitative estimate of drug-likeness (QED) is 0.473. The number of rotatable bonds is 6. The van der Waals surface area contributed by atoms with Gasteiger partial charge in [0.15, 0.2) is 11.6 Å². The number of hydrogen-bond acceptors (Lipinski definition) is 5. The molecule has 1 saturated heterocycles. The number of nitrogens with one attached hydrogen (secondary N) is 1. The summed E-state index contributed by atoms with van der Waals surface area (Å²) in [6, 6.07) is 16.5. The normalized spacial score (nSPS) is 19.2. The van der Waals surface area contributed by atoms with Crippen LogP contribution in [-0.2, 0) is 20.9 Å². The van der Waals surface area contributed by atoms with E-state index in [2.05, 4.69) is 21.2 Å². The third kappa shape index (κ3) is 4.22. The molecular formula is C28H29BrN2O5. The van der Waals surface area contributed by atoms with Gasteiger partial charge in [-0.1, -0.05) is 54.0 Å². The molecule has 1 N–H and O–H groups in total. The summed E-state index contributed by atoms with van der Waals surface area (Å²) in [5.74, 6) is 0.616. The molecule has 0 aromatic heterocycles. The smallest absolute Gasteiger partial charge is 0.254 e. The van der Waals surface area contributed by atoms with Crippen LogP contribution in [0.4, 0.5) is 5.69 Å². The van der Waals surface area contributed by atoms with Crippen LogP contribution < -0.4 is 19.7 Å². The predicted molar refractivity (Wildman–Crippen MR) is 141 cm³/mol. The van der Waals surface area contributed by atoms with Gasteiger partial charge in [0.25, 0.3) is 5.91 Å². The van der Waals surface area contributed by atoms with Crippen molar-refractivity contribution in [3.8, 4) is 11.5 Å². The van der Waals surface area contributed by atoms with E-state index in [0.29, 0.717) is 23.6 Å². The molecule has 0 bridgehead atoms. The van der Waals surface area contributed by atoms with Crippen LogP contribution in [0.3, 0.4) is 0 Å². The summed E-state index contributed by atoms with van der Waals surface area (Å²) in [6.45, 7) is 4.49. The van der Waals surface area contributed by atoms with Crippen molar-refractivity contribution < 1.29 is 23.8 Å². The zero-order valence-electron chi connectivity index (χ0n) is 20.5. The lowest BCUT2D eigenvalue weighted by molar-refractivity contribution is -0.182. The lowest BCUT2D eigenvalue weighted by Crippen LogP contribution is -2.71. The SMILES string of the molecule is CC[C@@H](C)C(=O)N[C@@H]1C(=O)N(Cc2c(OC)ccc3cc(Br)ccc23)c2ccccc2OC12COC2. The molecule has 0 saturated carbocycles. The van der Waals surface area contributed by atoms with Gasteiger partial charge in [-0.05, 0) is 47.5 Å². The topological polar surface area (TPSA) is 77.1 Å². The number of ether oxygens (including phenoxy) is 3. The highest BCUT2D eigenvalue weighted by molar-refractivity contribution is 9.10. The van der Waals surface area contributed by atoms with E-state index in [1.54, 1.807) is 12.0 Å². The van der Waals surface area contributed by atoms with Crippen molar-refractivity contribution in [2.75, 3.05) is 25.2 Å². The Balaban J connectivity index is 1.62. The highest BCUT2D eigenvalue weighted by Crippen LogP contribution is 2.42. The zero-order chi connectivity index (χ0) is 25.4. The van der Waals surface area contributed by atoms with Gasteiger partial charge in [-0.3, -0.25) is 9.59 Å². The first-order valence-corrected chi connectivity index (χ1v) is 12.9. The number of carbonyl (C=O) groups excluding carboxylic acids is 2. The number of benzene rings is 3. The first kappa shape index (κ1) is 24.6. The highest BCUT2D eigenvalue weighted by atomic mass is 79.9. The van der Waals surface area contributed by atoms with Crippen molar-refractivity contribution in [3.05, 3.63) is 64.6 Å². The molecule has 2 atom stereocenters. The average molecular weight is 553 g/mol. The predicted octanol–water partition coefficient (Wildman–Crippen LogP) is 4.84. The van der Waals surface area contributed by atoms with Gasteiger partial charge in [0, 0.05) is 16.0 Å². The van der Waals surface area contributed by atoms with E-state index in [1.165, 1.54) is 0 Å². The molecule has 1 fully saturated rings. The molecule has 2 amide bonds. The van der Waals surface area contributed by atoms with Crippen molar-refractivity contribution in [2.24, 2.45) is 5.92 Å². The summed E-state index contributed by atoms with van der Waals surface area (Å²) in [5, 5.41) is 5.01. The number of carbonyl (C=O) groups is 2. The van der Waals surface area contributed by atoms with Gasteiger partial charge in [-0.25, -0.2) is 0 Å². The standard InChI is InChI=1S/C28H29BrN2O5/c1-4-17(2)26(32)30-25-27(33)31(22-7-5-6-8-24(22)36-28(25)15-35-16-28)14-21-20-11-10-19(29)13-18(20)9-12-23(21)34-3/h5-13,17,25H,4,14-16H2,1-3H3,(H,30,32)/t17-,25-/m1/s1. The molecule has 2 aliphatic heterocycles. The molecular weight excluding hydrogens is 524 g/mol. The van der Waals surface area contributed by atoms with Crippen LogP contribution >= 0.6 is 15.9 Å². The molecule has 2 aliphatic rings. The van der Waals surface area contributed by atoms with Gasteiger partial charge in [0.1, 0.15) is 11.5 Å². The maximum Gasteiger partial charge on any atom is 0.254 e. The minimum Gasteiger partial charge on any atom is -0.496 e. The van der Waals surface area contributed by atoms with Gasteiger partial charge in [-0.2, -0.15) is 0 Å². The minimum absolute atomic E-state index is 0.177. The van der Waals surface area contributed by atoms with Crippen LogP contribution in [0.5, 0.6) is 11.5 Å². The summed E-state index contributed by atoms with van der Waals surface area (Å²) in [7, 11) is 1.63. The maximum atomic E-state index is 14.3. The monoisotopic (exact) mass is 552 g/mol. The summed E-state index contributed by atoms with van der Waals surface area (Å²) >= 11 is 3.54. The molecule has 0 aliphatic carbocycles. The highest BCUT2D eigenvalue weighted by Gasteiger charge is 2.56. The molecule has 1 spiro atoms. The first-order chi connectivity index (χ1) is 17.4. The Morgan fingerprint density at radius 2 is 2.00 bits per heavy atom. The second-order valence-corrected chi connectivity index (χ2v) is 10.3. The first-order valence-electron chi connectivity index (χ1n) is 12.1. The molecule has 3 aromatic carbocycles. The van der Waals surface area contributed by atoms with Gasteiger partial charge < -0.3 is 24.4 Å².